The maximum Gasteiger partial charge on any atom is 0.285 e. The molecule has 0 saturated carbocycles. The molecule has 3 aromatic rings. The van der Waals surface area contributed by atoms with Crippen LogP contribution in [0.3, 0.4) is 0 Å². The number of ether oxygens (including phenoxy) is 1. The number of aliphatic hydroxyl groups excluding tert-OH is 2. The summed E-state index contributed by atoms with van der Waals surface area (Å²) in [4.78, 5) is 52.3. The maximum atomic E-state index is 12.4. The number of nitrogens with one attached hydrogen (secondary N) is 1. The summed E-state index contributed by atoms with van der Waals surface area (Å²) in [6.45, 7) is -0.400. The van der Waals surface area contributed by atoms with Crippen molar-refractivity contribution in [2.45, 2.75) is 24.5 Å². The molecule has 0 aliphatic carbocycles. The summed E-state index contributed by atoms with van der Waals surface area (Å²) in [5.74, 6) is -1.42. The predicted molar refractivity (Wildman–Crippen MR) is 101 cm³/mol. The highest BCUT2D eigenvalue weighted by Crippen LogP contribution is 2.32. The van der Waals surface area contributed by atoms with Crippen molar-refractivity contribution in [3.8, 4) is 0 Å². The molecular weight excluding hydrogens is 412 g/mol. The highest BCUT2D eigenvalue weighted by Gasteiger charge is 2.46. The van der Waals surface area contributed by atoms with Crippen molar-refractivity contribution in [3.05, 3.63) is 52.1 Å². The smallest absolute Gasteiger partial charge is 0.285 e. The van der Waals surface area contributed by atoms with Crippen LogP contribution < -0.4 is 11.3 Å². The van der Waals surface area contributed by atoms with Gasteiger partial charge < -0.3 is 20.7 Å². The van der Waals surface area contributed by atoms with Crippen LogP contribution in [0.5, 0.6) is 0 Å². The third-order valence-corrected chi connectivity index (χ3v) is 5.19. The summed E-state index contributed by atoms with van der Waals surface area (Å²) >= 11 is 0. The van der Waals surface area contributed by atoms with Crippen molar-refractivity contribution < 1.29 is 29.4 Å². The average Bonchev–Trinajstić information content (AvgIpc) is 3.36. The van der Waals surface area contributed by atoms with E-state index in [1.807, 2.05) is 0 Å². The molecule has 0 radical (unpaired) electrons. The Morgan fingerprint density at radius 2 is 1.81 bits per heavy atom. The number of amides is 2. The molecule has 0 unspecified atom stereocenters. The molecule has 4 heterocycles. The van der Waals surface area contributed by atoms with Crippen molar-refractivity contribution in [2.24, 2.45) is 0 Å². The molecule has 2 aliphatic rings. The van der Waals surface area contributed by atoms with E-state index in [2.05, 4.69) is 15.0 Å². The minimum absolute atomic E-state index is 0.0229. The molecule has 1 fully saturated rings. The number of anilines is 1. The van der Waals surface area contributed by atoms with Crippen molar-refractivity contribution in [1.29, 1.82) is 0 Å². The van der Waals surface area contributed by atoms with Gasteiger partial charge in [-0.2, -0.15) is 4.98 Å². The van der Waals surface area contributed by atoms with E-state index in [-0.39, 0.29) is 28.2 Å². The molecule has 31 heavy (non-hydrogen) atoms. The summed E-state index contributed by atoms with van der Waals surface area (Å²) in [6, 6.07) is 6.26. The first kappa shape index (κ1) is 19.3. The maximum absolute atomic E-state index is 12.4. The Bertz CT molecular complexity index is 1230. The van der Waals surface area contributed by atoms with Gasteiger partial charge in [-0.1, -0.05) is 12.1 Å². The number of nitrogens with two attached hydrogens (primary N) is 1. The second kappa shape index (κ2) is 6.95. The summed E-state index contributed by atoms with van der Waals surface area (Å²) in [5.41, 5.74) is 5.44. The third kappa shape index (κ3) is 2.90. The van der Waals surface area contributed by atoms with Crippen LogP contribution in [0.25, 0.3) is 11.2 Å². The number of rotatable bonds is 4. The van der Waals surface area contributed by atoms with Crippen molar-refractivity contribution in [2.75, 3.05) is 12.3 Å². The van der Waals surface area contributed by atoms with Crippen molar-refractivity contribution >= 4 is 28.9 Å². The normalized spacial score (nSPS) is 25.5. The van der Waals surface area contributed by atoms with Crippen LogP contribution in [-0.4, -0.2) is 71.5 Å². The number of nitrogen functional groups attached to an aromatic ring is 1. The van der Waals surface area contributed by atoms with Gasteiger partial charge in [0.25, 0.3) is 17.4 Å². The molecule has 2 aliphatic heterocycles. The van der Waals surface area contributed by atoms with E-state index in [0.717, 1.165) is 0 Å². The van der Waals surface area contributed by atoms with Gasteiger partial charge in [0.05, 0.1) is 17.5 Å². The number of aromatic nitrogens is 4. The van der Waals surface area contributed by atoms with E-state index in [0.29, 0.717) is 5.06 Å². The second-order valence-corrected chi connectivity index (χ2v) is 7.07. The molecule has 13 nitrogen and oxygen atoms in total. The van der Waals surface area contributed by atoms with E-state index in [1.165, 1.54) is 23.0 Å². The Morgan fingerprint density at radius 3 is 2.48 bits per heavy atom. The molecule has 1 aromatic carbocycles. The lowest BCUT2D eigenvalue weighted by Gasteiger charge is -2.18. The second-order valence-electron chi connectivity index (χ2n) is 7.07. The summed E-state index contributed by atoms with van der Waals surface area (Å²) in [5, 5.41) is 21.5. The summed E-state index contributed by atoms with van der Waals surface area (Å²) < 4.78 is 6.94. The van der Waals surface area contributed by atoms with Crippen LogP contribution in [0.1, 0.15) is 26.9 Å². The molecular formula is C18H16N6O7. The zero-order valence-corrected chi connectivity index (χ0v) is 15.7. The van der Waals surface area contributed by atoms with Crippen LogP contribution in [0.4, 0.5) is 5.95 Å². The van der Waals surface area contributed by atoms with Gasteiger partial charge in [0, 0.05) is 0 Å². The quantitative estimate of drug-likeness (QED) is 0.358. The standard InChI is InChI=1S/C18H16N6O7/c19-18-21-13-10(14(27)22-18)20-6-23(13)17-12(26)11(25)9(31-17)5-30-24-15(28)7-3-1-2-4-8(7)16(24)29/h1-4,6,9,11-12,17,25-26H,5H2,(H3,19,21,22,27)/t9-,11-,12-,17-/m1/s1. The zero-order valence-electron chi connectivity index (χ0n) is 15.7. The molecule has 160 valence electrons. The minimum Gasteiger partial charge on any atom is -0.387 e. The number of fused-ring (bicyclic) bond motifs is 2. The average molecular weight is 428 g/mol. The summed E-state index contributed by atoms with van der Waals surface area (Å²) in [7, 11) is 0. The predicted octanol–water partition coefficient (Wildman–Crippen LogP) is -1.45. The molecule has 5 rings (SSSR count). The number of imide groups is 1. The lowest BCUT2D eigenvalue weighted by Crippen LogP contribution is -2.38. The van der Waals surface area contributed by atoms with Gasteiger partial charge in [-0.15, -0.1) is 5.06 Å². The molecule has 1 saturated heterocycles. The number of nitrogens with zero attached hydrogens (tertiary/aromatic N) is 4. The molecule has 0 spiro atoms. The Balaban J connectivity index is 1.35. The molecule has 13 heteroatoms. The van der Waals surface area contributed by atoms with Crippen LogP contribution in [-0.2, 0) is 9.57 Å². The van der Waals surface area contributed by atoms with E-state index < -0.39 is 48.5 Å². The highest BCUT2D eigenvalue weighted by molar-refractivity contribution is 6.20. The van der Waals surface area contributed by atoms with Crippen LogP contribution in [0, 0.1) is 0 Å². The van der Waals surface area contributed by atoms with Gasteiger partial charge in [-0.3, -0.25) is 28.8 Å². The number of hydrogen-bond donors (Lipinski definition) is 4. The Morgan fingerprint density at radius 1 is 1.13 bits per heavy atom. The number of H-pyrrole nitrogens is 1. The fraction of sp³-hybridized carbons (Fsp3) is 0.278. The van der Waals surface area contributed by atoms with Gasteiger partial charge in [0.15, 0.2) is 17.4 Å². The lowest BCUT2D eigenvalue weighted by atomic mass is 10.1. The number of hydrogen-bond acceptors (Lipinski definition) is 10. The largest absolute Gasteiger partial charge is 0.387 e. The fourth-order valence-electron chi connectivity index (χ4n) is 3.66. The number of carbonyl (C=O) groups excluding carboxylic acids is 2. The van der Waals surface area contributed by atoms with Gasteiger partial charge in [-0.25, -0.2) is 4.98 Å². The molecule has 2 aromatic heterocycles. The number of aliphatic hydroxyl groups is 2. The Hall–Kier alpha value is -3.65. The van der Waals surface area contributed by atoms with Gasteiger partial charge in [0.1, 0.15) is 24.9 Å². The molecule has 2 amide bonds. The SMILES string of the molecule is Nc1nc2c(ncn2[C@@H]2O[C@H](CON3C(=O)c4ccccc4C3=O)[C@@H](O)[C@H]2O)c(=O)[nH]1. The van der Waals surface area contributed by atoms with Gasteiger partial charge in [0.2, 0.25) is 5.95 Å². The van der Waals surface area contributed by atoms with Gasteiger partial charge in [-0.05, 0) is 12.1 Å². The number of carbonyl (C=O) groups is 2. The van der Waals surface area contributed by atoms with Crippen LogP contribution in [0.2, 0.25) is 0 Å². The minimum atomic E-state index is -1.43. The number of hydroxylamine groups is 2. The third-order valence-electron chi connectivity index (χ3n) is 5.19. The van der Waals surface area contributed by atoms with E-state index in [9.17, 15) is 24.6 Å². The first-order valence-corrected chi connectivity index (χ1v) is 9.21. The molecule has 4 atom stereocenters. The molecule has 5 N–H and O–H groups in total. The first-order valence-electron chi connectivity index (χ1n) is 9.21. The first-order chi connectivity index (χ1) is 14.9. The lowest BCUT2D eigenvalue weighted by molar-refractivity contribution is -0.140. The topological polar surface area (TPSA) is 186 Å². The van der Waals surface area contributed by atoms with Crippen LogP contribution >= 0.6 is 0 Å². The monoisotopic (exact) mass is 428 g/mol. The zero-order chi connectivity index (χ0) is 21.9. The summed E-state index contributed by atoms with van der Waals surface area (Å²) in [6.07, 6.45) is -3.89. The van der Waals surface area contributed by atoms with E-state index in [1.54, 1.807) is 12.1 Å². The Labute approximate surface area is 172 Å². The van der Waals surface area contributed by atoms with Gasteiger partial charge >= 0.3 is 0 Å². The number of benzene rings is 1. The van der Waals surface area contributed by atoms with Crippen molar-refractivity contribution in [3.63, 3.8) is 0 Å². The van der Waals surface area contributed by atoms with E-state index >= 15 is 0 Å². The van der Waals surface area contributed by atoms with E-state index in [4.69, 9.17) is 15.3 Å². The van der Waals surface area contributed by atoms with Crippen LogP contribution in [0.15, 0.2) is 35.4 Å². The fourth-order valence-corrected chi connectivity index (χ4v) is 3.66. The number of aromatic amines is 1. The number of imidazole rings is 1. The van der Waals surface area contributed by atoms with Crippen molar-refractivity contribution in [1.82, 2.24) is 24.6 Å². The highest BCUT2D eigenvalue weighted by atomic mass is 16.7. The Kier molecular flexibility index (Phi) is 4.33. The molecule has 0 bridgehead atoms.